The van der Waals surface area contributed by atoms with E-state index in [1.54, 1.807) is 0 Å². The largest absolute Gasteiger partial charge is 0.469 e. The Morgan fingerprint density at radius 3 is 2.58 bits per heavy atom. The highest BCUT2D eigenvalue weighted by Crippen LogP contribution is 2.17. The molecule has 0 bridgehead atoms. The molecule has 0 N–H and O–H groups in total. The molecule has 0 spiro atoms. The van der Waals surface area contributed by atoms with Crippen molar-refractivity contribution < 1.29 is 9.53 Å². The molecular formula is C9H15IO2. The van der Waals surface area contributed by atoms with Crippen LogP contribution < -0.4 is 0 Å². The second kappa shape index (κ2) is 6.46. The van der Waals surface area contributed by atoms with E-state index in [0.29, 0.717) is 18.3 Å². The molecule has 0 aromatic heterocycles. The summed E-state index contributed by atoms with van der Waals surface area (Å²) < 4.78 is 6.57. The minimum Gasteiger partial charge on any atom is -0.469 e. The Balaban J connectivity index is 3.85. The van der Waals surface area contributed by atoms with Crippen molar-refractivity contribution in [3.63, 3.8) is 0 Å². The molecule has 0 fully saturated rings. The molecule has 0 saturated carbocycles. The van der Waals surface area contributed by atoms with Gasteiger partial charge in [0.1, 0.15) is 0 Å². The summed E-state index contributed by atoms with van der Waals surface area (Å²) in [5.74, 6) is 0.653. The van der Waals surface area contributed by atoms with E-state index < -0.39 is 0 Å². The maximum absolute atomic E-state index is 10.9. The first-order valence-corrected chi connectivity index (χ1v) is 5.20. The fraction of sp³-hybridized carbons (Fsp3) is 0.667. The number of hydrogen-bond donors (Lipinski definition) is 0. The van der Waals surface area contributed by atoms with Crippen LogP contribution in [0.25, 0.3) is 0 Å². The van der Waals surface area contributed by atoms with E-state index in [0.717, 1.165) is 0 Å². The Kier molecular flexibility index (Phi) is 6.42. The lowest BCUT2D eigenvalue weighted by Gasteiger charge is -2.14. The van der Waals surface area contributed by atoms with Gasteiger partial charge in [-0.3, -0.25) is 4.79 Å². The van der Waals surface area contributed by atoms with Crippen molar-refractivity contribution >= 4 is 28.6 Å². The van der Waals surface area contributed by atoms with Gasteiger partial charge in [0.05, 0.1) is 7.11 Å². The van der Waals surface area contributed by atoms with Crippen LogP contribution in [0.15, 0.2) is 10.2 Å². The third-order valence-corrected chi connectivity index (χ3v) is 2.41. The van der Waals surface area contributed by atoms with E-state index >= 15 is 0 Å². The molecule has 2 atom stereocenters. The molecule has 70 valence electrons. The molecule has 0 rings (SSSR count). The third kappa shape index (κ3) is 4.74. The molecule has 0 aromatic carbocycles. The van der Waals surface area contributed by atoms with Crippen molar-refractivity contribution in [1.82, 2.24) is 0 Å². The maximum atomic E-state index is 10.9. The monoisotopic (exact) mass is 282 g/mol. The van der Waals surface area contributed by atoms with E-state index in [4.69, 9.17) is 0 Å². The highest BCUT2D eigenvalue weighted by Gasteiger charge is 2.13. The van der Waals surface area contributed by atoms with Gasteiger partial charge in [0.15, 0.2) is 0 Å². The average molecular weight is 282 g/mol. The zero-order valence-electron chi connectivity index (χ0n) is 7.71. The van der Waals surface area contributed by atoms with Crippen LogP contribution in [0.1, 0.15) is 20.3 Å². The Hall–Kier alpha value is -0.0600. The Labute approximate surface area is 87.5 Å². The van der Waals surface area contributed by atoms with Gasteiger partial charge in [0.2, 0.25) is 0 Å². The van der Waals surface area contributed by atoms with Gasteiger partial charge in [0.25, 0.3) is 0 Å². The summed E-state index contributed by atoms with van der Waals surface area (Å²) in [4.78, 5) is 10.9. The number of carbonyl (C=O) groups excluding carboxylic acids is 1. The molecular weight excluding hydrogens is 267 g/mol. The van der Waals surface area contributed by atoms with Gasteiger partial charge >= 0.3 is 5.97 Å². The second-order valence-electron chi connectivity index (χ2n) is 2.94. The normalized spacial score (nSPS) is 16.0. The summed E-state index contributed by atoms with van der Waals surface area (Å²) >= 11 is 2.18. The van der Waals surface area contributed by atoms with Gasteiger partial charge in [-0.2, -0.15) is 0 Å². The lowest BCUT2D eigenvalue weighted by atomic mass is 9.93. The minimum absolute atomic E-state index is 0.129. The fourth-order valence-electron chi connectivity index (χ4n) is 0.837. The second-order valence-corrected chi connectivity index (χ2v) is 3.65. The van der Waals surface area contributed by atoms with Gasteiger partial charge < -0.3 is 4.74 Å². The van der Waals surface area contributed by atoms with Crippen LogP contribution in [0.3, 0.4) is 0 Å². The first-order valence-electron chi connectivity index (χ1n) is 3.95. The summed E-state index contributed by atoms with van der Waals surface area (Å²) in [6, 6.07) is 0. The standard InChI is InChI=1S/C9H15IO2/c1-7(4-5-10)8(2)6-9(11)12-3/h4-5,7-8H,6H2,1-3H3/b5-4+/t7-,8+/m1/s1. The van der Waals surface area contributed by atoms with E-state index in [2.05, 4.69) is 47.3 Å². The molecule has 0 amide bonds. The van der Waals surface area contributed by atoms with Crippen LogP contribution in [0.4, 0.5) is 0 Å². The summed E-state index contributed by atoms with van der Waals surface area (Å²) in [5, 5.41) is 0. The van der Waals surface area contributed by atoms with Crippen LogP contribution in [0.2, 0.25) is 0 Å². The third-order valence-electron chi connectivity index (χ3n) is 1.99. The lowest BCUT2D eigenvalue weighted by Crippen LogP contribution is -2.12. The van der Waals surface area contributed by atoms with Crippen LogP contribution in [-0.2, 0) is 9.53 Å². The molecule has 0 radical (unpaired) electrons. The number of esters is 1. The SMILES string of the molecule is COC(=O)C[C@H](C)[C@H](C)/C=C/I. The molecule has 0 aromatic rings. The van der Waals surface area contributed by atoms with Crippen molar-refractivity contribution in [2.75, 3.05) is 7.11 Å². The van der Waals surface area contributed by atoms with Gasteiger partial charge in [-0.15, -0.1) is 0 Å². The van der Waals surface area contributed by atoms with Crippen LogP contribution in [0.5, 0.6) is 0 Å². The molecule has 12 heavy (non-hydrogen) atoms. The molecule has 0 unspecified atom stereocenters. The van der Waals surface area contributed by atoms with Crippen molar-refractivity contribution in [3.05, 3.63) is 10.2 Å². The van der Waals surface area contributed by atoms with Gasteiger partial charge in [0, 0.05) is 6.42 Å². The van der Waals surface area contributed by atoms with Crippen molar-refractivity contribution in [3.8, 4) is 0 Å². The number of hydrogen-bond acceptors (Lipinski definition) is 2. The van der Waals surface area contributed by atoms with E-state index in [9.17, 15) is 4.79 Å². The van der Waals surface area contributed by atoms with Crippen molar-refractivity contribution in [2.45, 2.75) is 20.3 Å². The zero-order chi connectivity index (χ0) is 9.56. The molecule has 0 aliphatic carbocycles. The minimum atomic E-state index is -0.129. The lowest BCUT2D eigenvalue weighted by molar-refractivity contribution is -0.141. The average Bonchev–Trinajstić information content (AvgIpc) is 2.04. The Morgan fingerprint density at radius 2 is 2.17 bits per heavy atom. The molecule has 0 aliphatic heterocycles. The van der Waals surface area contributed by atoms with Crippen molar-refractivity contribution in [1.29, 1.82) is 0 Å². The summed E-state index contributed by atoms with van der Waals surface area (Å²) in [5.41, 5.74) is 0. The van der Waals surface area contributed by atoms with Gasteiger partial charge in [-0.25, -0.2) is 0 Å². The summed E-state index contributed by atoms with van der Waals surface area (Å²) in [6.45, 7) is 4.15. The Morgan fingerprint density at radius 1 is 1.58 bits per heavy atom. The topological polar surface area (TPSA) is 26.3 Å². The predicted molar refractivity (Wildman–Crippen MR) is 58.1 cm³/mol. The molecule has 0 aliphatic rings. The van der Waals surface area contributed by atoms with Gasteiger partial charge in [-0.05, 0) is 15.9 Å². The maximum Gasteiger partial charge on any atom is 0.305 e. The van der Waals surface area contributed by atoms with Crippen molar-refractivity contribution in [2.24, 2.45) is 11.8 Å². The first-order chi connectivity index (χ1) is 5.61. The molecule has 0 heterocycles. The number of rotatable bonds is 4. The van der Waals surface area contributed by atoms with E-state index in [-0.39, 0.29) is 5.97 Å². The number of allylic oxidation sites excluding steroid dienone is 1. The quantitative estimate of drug-likeness (QED) is 0.585. The number of halogens is 1. The number of methoxy groups -OCH3 is 1. The summed E-state index contributed by atoms with van der Waals surface area (Å²) in [7, 11) is 1.42. The highest BCUT2D eigenvalue weighted by atomic mass is 127. The van der Waals surface area contributed by atoms with Crippen LogP contribution in [-0.4, -0.2) is 13.1 Å². The smallest absolute Gasteiger partial charge is 0.305 e. The highest BCUT2D eigenvalue weighted by molar-refractivity contribution is 14.1. The first kappa shape index (κ1) is 11.9. The Bertz CT molecular complexity index is 166. The molecule has 3 heteroatoms. The number of carbonyl (C=O) groups is 1. The van der Waals surface area contributed by atoms with Crippen LogP contribution >= 0.6 is 22.6 Å². The van der Waals surface area contributed by atoms with Crippen LogP contribution in [0, 0.1) is 11.8 Å². The van der Waals surface area contributed by atoms with E-state index in [1.807, 2.05) is 4.08 Å². The summed E-state index contributed by atoms with van der Waals surface area (Å²) in [6.07, 6.45) is 2.59. The fourth-order valence-corrected chi connectivity index (χ4v) is 1.49. The molecule has 2 nitrogen and oxygen atoms in total. The van der Waals surface area contributed by atoms with Gasteiger partial charge in [-0.1, -0.05) is 42.5 Å². The van der Waals surface area contributed by atoms with E-state index in [1.165, 1.54) is 7.11 Å². The number of ether oxygens (including phenoxy) is 1. The molecule has 0 saturated heterocycles. The predicted octanol–water partition coefficient (Wildman–Crippen LogP) is 2.77. The zero-order valence-corrected chi connectivity index (χ0v) is 9.87.